The molecule has 4 rings (SSSR count). The summed E-state index contributed by atoms with van der Waals surface area (Å²) in [4.78, 5) is 53.9. The normalized spacial score (nSPS) is 11.6. The van der Waals surface area contributed by atoms with Crippen molar-refractivity contribution < 1.29 is 29.0 Å². The fraction of sp³-hybridized carbons (Fsp3) is 0.310. The number of carboxylic acid groups (broad SMARTS) is 1. The van der Waals surface area contributed by atoms with Gasteiger partial charge < -0.3 is 30.8 Å². The molecule has 0 radical (unpaired) electrons. The molecule has 14 heteroatoms. The van der Waals surface area contributed by atoms with Crippen LogP contribution in [-0.2, 0) is 24.3 Å². The molecule has 0 bridgehead atoms. The molecule has 43 heavy (non-hydrogen) atoms. The number of nitrogens with zero attached hydrogens (tertiary/aromatic N) is 4. The fourth-order valence-corrected chi connectivity index (χ4v) is 4.67. The van der Waals surface area contributed by atoms with E-state index in [4.69, 9.17) is 10.5 Å². The lowest BCUT2D eigenvalue weighted by molar-refractivity contribution is -0.139. The molecule has 0 fully saturated rings. The number of primary amides is 1. The highest BCUT2D eigenvalue weighted by Gasteiger charge is 2.22. The van der Waals surface area contributed by atoms with Gasteiger partial charge in [-0.05, 0) is 44.0 Å². The molecular formula is C29H34N8O6. The fourth-order valence-electron chi connectivity index (χ4n) is 4.67. The van der Waals surface area contributed by atoms with Crippen LogP contribution in [0.5, 0.6) is 5.75 Å². The summed E-state index contributed by atoms with van der Waals surface area (Å²) in [5.74, 6) is -1.72. The summed E-state index contributed by atoms with van der Waals surface area (Å²) < 4.78 is 8.82. The lowest BCUT2D eigenvalue weighted by Crippen LogP contribution is -2.47. The molecule has 0 aliphatic heterocycles. The number of aliphatic carboxylic acids is 1. The van der Waals surface area contributed by atoms with Gasteiger partial charge in [-0.3, -0.25) is 19.6 Å². The Morgan fingerprint density at radius 2 is 1.86 bits per heavy atom. The number of ether oxygens (including phenoxy) is 1. The number of nitrogens with two attached hydrogens (primary N) is 1. The van der Waals surface area contributed by atoms with E-state index in [2.05, 4.69) is 26.0 Å². The lowest BCUT2D eigenvalue weighted by Gasteiger charge is -2.16. The number of urea groups is 1. The predicted octanol–water partition coefficient (Wildman–Crippen LogP) is 2.31. The van der Waals surface area contributed by atoms with Crippen molar-refractivity contribution in [2.75, 3.05) is 19.0 Å². The second-order valence-electron chi connectivity index (χ2n) is 9.77. The van der Waals surface area contributed by atoms with Crippen LogP contribution in [0, 0.1) is 6.92 Å². The van der Waals surface area contributed by atoms with Crippen molar-refractivity contribution in [3.05, 3.63) is 71.0 Å². The molecule has 4 aromatic rings. The maximum Gasteiger partial charge on any atom is 0.326 e. The topological polar surface area (TPSA) is 195 Å². The maximum atomic E-state index is 13.2. The number of amides is 4. The van der Waals surface area contributed by atoms with Gasteiger partial charge in [0.15, 0.2) is 0 Å². The third kappa shape index (κ3) is 7.28. The van der Waals surface area contributed by atoms with E-state index in [1.807, 2.05) is 13.0 Å². The van der Waals surface area contributed by atoms with Crippen molar-refractivity contribution in [3.8, 4) is 5.75 Å². The van der Waals surface area contributed by atoms with Crippen LogP contribution in [0.1, 0.15) is 45.4 Å². The summed E-state index contributed by atoms with van der Waals surface area (Å²) in [6, 6.07) is 12.0. The van der Waals surface area contributed by atoms with Gasteiger partial charge in [-0.25, -0.2) is 14.6 Å². The number of methoxy groups -OCH3 is 1. The van der Waals surface area contributed by atoms with Crippen molar-refractivity contribution in [2.24, 2.45) is 5.73 Å². The van der Waals surface area contributed by atoms with E-state index in [1.54, 1.807) is 46.5 Å². The number of aromatic nitrogens is 4. The standard InChI is InChI=1S/C29H34N8O6/c1-4-37-22(13-17(2)35-37)26(39)34-28-32-20-15-19(25(30)38)16-23(43-3)24(20)36(28)12-8-11-31-29(42)33-21(27(40)41)14-18-9-6-5-7-10-18/h5-7,9-10,13,15-16,21H,4,8,11-12,14H2,1-3H3,(H2,30,38)(H,40,41)(H2,31,33,42)(H,32,34,39). The molecule has 1 unspecified atom stereocenters. The molecule has 2 aromatic heterocycles. The highest BCUT2D eigenvalue weighted by atomic mass is 16.5. The number of carboxylic acids is 1. The number of imidazole rings is 1. The van der Waals surface area contributed by atoms with Gasteiger partial charge in [-0.15, -0.1) is 0 Å². The number of rotatable bonds is 13. The van der Waals surface area contributed by atoms with E-state index in [1.165, 1.54) is 19.2 Å². The summed E-state index contributed by atoms with van der Waals surface area (Å²) in [6.45, 7) is 4.61. The SMILES string of the molecule is CCn1nc(C)cc1C(=O)Nc1nc2cc(C(N)=O)cc(OC)c2n1CCCNC(=O)NC(Cc1ccccc1)C(=O)O. The Hall–Kier alpha value is -5.40. The van der Waals surface area contributed by atoms with E-state index >= 15 is 0 Å². The first-order chi connectivity index (χ1) is 20.6. The zero-order chi connectivity index (χ0) is 31.1. The minimum absolute atomic E-state index is 0.136. The van der Waals surface area contributed by atoms with Gasteiger partial charge in [-0.1, -0.05) is 30.3 Å². The summed E-state index contributed by atoms with van der Waals surface area (Å²) in [6.07, 6.45) is 0.516. The summed E-state index contributed by atoms with van der Waals surface area (Å²) >= 11 is 0. The number of hydrogen-bond donors (Lipinski definition) is 5. The summed E-state index contributed by atoms with van der Waals surface area (Å²) in [5, 5.41) is 21.9. The smallest absolute Gasteiger partial charge is 0.326 e. The number of carbonyl (C=O) groups is 4. The van der Waals surface area contributed by atoms with Gasteiger partial charge in [0.2, 0.25) is 11.9 Å². The van der Waals surface area contributed by atoms with Gasteiger partial charge in [0.1, 0.15) is 23.0 Å². The third-order valence-electron chi connectivity index (χ3n) is 6.70. The average Bonchev–Trinajstić information content (AvgIpc) is 3.54. The zero-order valence-electron chi connectivity index (χ0n) is 24.1. The Bertz CT molecular complexity index is 1650. The number of carbonyl (C=O) groups excluding carboxylic acids is 3. The molecule has 0 aliphatic rings. The molecule has 0 saturated heterocycles. The Kier molecular flexibility index (Phi) is 9.60. The van der Waals surface area contributed by atoms with Gasteiger partial charge in [0.05, 0.1) is 18.3 Å². The zero-order valence-corrected chi connectivity index (χ0v) is 24.1. The molecule has 226 valence electrons. The molecule has 2 heterocycles. The molecule has 4 amide bonds. The number of hydrogen-bond acceptors (Lipinski definition) is 7. The minimum atomic E-state index is -1.15. The highest BCUT2D eigenvalue weighted by molar-refractivity contribution is 6.04. The van der Waals surface area contributed by atoms with Gasteiger partial charge in [-0.2, -0.15) is 5.10 Å². The van der Waals surface area contributed by atoms with Crippen molar-refractivity contribution >= 4 is 40.8 Å². The number of benzene rings is 2. The Morgan fingerprint density at radius 3 is 2.51 bits per heavy atom. The van der Waals surface area contributed by atoms with Crippen LogP contribution in [-0.4, -0.2) is 67.9 Å². The number of fused-ring (bicyclic) bond motifs is 1. The molecule has 0 aliphatic carbocycles. The Morgan fingerprint density at radius 1 is 1.12 bits per heavy atom. The quantitative estimate of drug-likeness (QED) is 0.146. The van der Waals surface area contributed by atoms with Crippen LogP contribution in [0.15, 0.2) is 48.5 Å². The number of aryl methyl sites for hydroxylation is 3. The molecule has 2 aromatic carbocycles. The lowest BCUT2D eigenvalue weighted by atomic mass is 10.1. The predicted molar refractivity (Wildman–Crippen MR) is 158 cm³/mol. The molecule has 0 saturated carbocycles. The van der Waals surface area contributed by atoms with Gasteiger partial charge in [0.25, 0.3) is 5.91 Å². The van der Waals surface area contributed by atoms with Crippen molar-refractivity contribution in [3.63, 3.8) is 0 Å². The van der Waals surface area contributed by atoms with Crippen LogP contribution in [0.4, 0.5) is 10.7 Å². The number of nitrogens with one attached hydrogen (secondary N) is 3. The van der Waals surface area contributed by atoms with Crippen LogP contribution in [0.2, 0.25) is 0 Å². The first-order valence-corrected chi connectivity index (χ1v) is 13.7. The average molecular weight is 591 g/mol. The molecule has 6 N–H and O–H groups in total. The van der Waals surface area contributed by atoms with Gasteiger partial charge >= 0.3 is 12.0 Å². The van der Waals surface area contributed by atoms with Crippen molar-refractivity contribution in [2.45, 2.75) is 45.8 Å². The minimum Gasteiger partial charge on any atom is -0.494 e. The molecular weight excluding hydrogens is 556 g/mol. The second-order valence-corrected chi connectivity index (χ2v) is 9.77. The molecule has 14 nitrogen and oxygen atoms in total. The maximum absolute atomic E-state index is 13.2. The van der Waals surface area contributed by atoms with Crippen LogP contribution >= 0.6 is 0 Å². The van der Waals surface area contributed by atoms with E-state index in [0.29, 0.717) is 41.1 Å². The Balaban J connectivity index is 1.51. The first-order valence-electron chi connectivity index (χ1n) is 13.7. The Labute approximate surface area is 247 Å². The van der Waals surface area contributed by atoms with Crippen LogP contribution in [0.3, 0.4) is 0 Å². The largest absolute Gasteiger partial charge is 0.494 e. The number of anilines is 1. The van der Waals surface area contributed by atoms with Crippen molar-refractivity contribution in [1.29, 1.82) is 0 Å². The molecule has 0 spiro atoms. The van der Waals surface area contributed by atoms with Crippen molar-refractivity contribution in [1.82, 2.24) is 30.0 Å². The van der Waals surface area contributed by atoms with E-state index in [-0.39, 0.29) is 31.0 Å². The van der Waals surface area contributed by atoms with Crippen LogP contribution < -0.4 is 26.4 Å². The van der Waals surface area contributed by atoms with E-state index in [0.717, 1.165) is 5.56 Å². The third-order valence-corrected chi connectivity index (χ3v) is 6.70. The monoisotopic (exact) mass is 590 g/mol. The summed E-state index contributed by atoms with van der Waals surface area (Å²) in [5.41, 5.74) is 8.39. The summed E-state index contributed by atoms with van der Waals surface area (Å²) in [7, 11) is 1.44. The second kappa shape index (κ2) is 13.5. The van der Waals surface area contributed by atoms with E-state index in [9.17, 15) is 24.3 Å². The molecule has 1 atom stereocenters. The van der Waals surface area contributed by atoms with Gasteiger partial charge in [0, 0.05) is 31.6 Å². The van der Waals surface area contributed by atoms with Crippen LogP contribution in [0.25, 0.3) is 11.0 Å². The highest BCUT2D eigenvalue weighted by Crippen LogP contribution is 2.31. The van der Waals surface area contributed by atoms with E-state index < -0.39 is 29.9 Å². The first kappa shape index (κ1) is 30.6.